The van der Waals surface area contributed by atoms with Crippen molar-refractivity contribution in [3.05, 3.63) is 22.2 Å². The minimum Gasteiger partial charge on any atom is -0.384 e. The van der Waals surface area contributed by atoms with E-state index in [1.165, 1.54) is 12.1 Å². The van der Waals surface area contributed by atoms with Gasteiger partial charge in [0.05, 0.1) is 4.92 Å². The molecule has 0 radical (unpaired) electrons. The number of hydrogen-bond acceptors (Lipinski definition) is 5. The predicted octanol–water partition coefficient (Wildman–Crippen LogP) is 2.20. The van der Waals surface area contributed by atoms with Crippen LogP contribution in [0, 0.1) is 10.1 Å². The fraction of sp³-hybridized carbons (Fsp3) is 0.545. The second-order valence-corrected chi connectivity index (χ2v) is 3.96. The number of hydrogen-bond donors (Lipinski definition) is 1. The molecule has 1 aromatic rings. The summed E-state index contributed by atoms with van der Waals surface area (Å²) >= 11 is 0. The number of nitrogens with two attached hydrogens (primary N) is 1. The minimum absolute atomic E-state index is 0.00167. The van der Waals surface area contributed by atoms with Crippen LogP contribution in [0.5, 0.6) is 0 Å². The van der Waals surface area contributed by atoms with E-state index in [-0.39, 0.29) is 5.69 Å². The molecular formula is C11H18N4O2. The Hall–Kier alpha value is -1.85. The van der Waals surface area contributed by atoms with Crippen LogP contribution in [-0.2, 0) is 0 Å². The third-order valence-corrected chi connectivity index (χ3v) is 2.53. The van der Waals surface area contributed by atoms with Gasteiger partial charge in [-0.05, 0) is 12.5 Å². The fourth-order valence-electron chi connectivity index (χ4n) is 1.58. The average molecular weight is 238 g/mol. The molecule has 0 aliphatic rings. The molecule has 0 fully saturated rings. The van der Waals surface area contributed by atoms with Crippen LogP contribution >= 0.6 is 0 Å². The number of pyridine rings is 1. The minimum atomic E-state index is -0.432. The fourth-order valence-corrected chi connectivity index (χ4v) is 1.58. The molecule has 1 heterocycles. The number of rotatable bonds is 6. The van der Waals surface area contributed by atoms with E-state index in [1.807, 2.05) is 0 Å². The molecule has 0 amide bonds. The van der Waals surface area contributed by atoms with Crippen molar-refractivity contribution in [3.8, 4) is 0 Å². The van der Waals surface area contributed by atoms with E-state index in [9.17, 15) is 10.1 Å². The van der Waals surface area contributed by atoms with Crippen LogP contribution < -0.4 is 10.6 Å². The van der Waals surface area contributed by atoms with Crippen molar-refractivity contribution in [2.75, 3.05) is 24.2 Å². The SMILES string of the molecule is CCCCCN(C)c1nc(N)ccc1[N+](=O)[O-]. The standard InChI is InChI=1S/C11H18N4O2/c1-3-4-5-8-14(2)11-9(15(16)17)6-7-10(12)13-11/h6-7H,3-5,8H2,1-2H3,(H2,12,13). The highest BCUT2D eigenvalue weighted by molar-refractivity contribution is 5.60. The first-order chi connectivity index (χ1) is 8.06. The summed E-state index contributed by atoms with van der Waals surface area (Å²) in [5.74, 6) is 0.638. The zero-order chi connectivity index (χ0) is 12.8. The third kappa shape index (κ3) is 3.58. The van der Waals surface area contributed by atoms with Gasteiger partial charge in [0.15, 0.2) is 0 Å². The molecule has 6 heteroatoms. The van der Waals surface area contributed by atoms with Gasteiger partial charge in [0.1, 0.15) is 5.82 Å². The molecule has 1 rings (SSSR count). The van der Waals surface area contributed by atoms with Crippen LogP contribution in [-0.4, -0.2) is 23.5 Å². The first-order valence-corrected chi connectivity index (χ1v) is 5.68. The highest BCUT2D eigenvalue weighted by Gasteiger charge is 2.18. The van der Waals surface area contributed by atoms with E-state index in [0.29, 0.717) is 11.6 Å². The molecule has 0 saturated heterocycles. The Labute approximate surface area is 101 Å². The van der Waals surface area contributed by atoms with Gasteiger partial charge in [-0.2, -0.15) is 0 Å². The largest absolute Gasteiger partial charge is 0.384 e. The number of aromatic nitrogens is 1. The molecule has 0 unspecified atom stereocenters. The molecule has 0 aromatic carbocycles. The summed E-state index contributed by atoms with van der Waals surface area (Å²) in [7, 11) is 1.80. The van der Waals surface area contributed by atoms with Gasteiger partial charge >= 0.3 is 5.69 Å². The second kappa shape index (κ2) is 6.03. The Balaban J connectivity index is 2.86. The van der Waals surface area contributed by atoms with Crippen LogP contribution in [0.2, 0.25) is 0 Å². The summed E-state index contributed by atoms with van der Waals surface area (Å²) in [5, 5.41) is 10.9. The topological polar surface area (TPSA) is 85.3 Å². The normalized spacial score (nSPS) is 10.2. The maximum absolute atomic E-state index is 10.9. The zero-order valence-electron chi connectivity index (χ0n) is 10.2. The lowest BCUT2D eigenvalue weighted by molar-refractivity contribution is -0.384. The third-order valence-electron chi connectivity index (χ3n) is 2.53. The molecule has 6 nitrogen and oxygen atoms in total. The van der Waals surface area contributed by atoms with Crippen LogP contribution in [0.3, 0.4) is 0 Å². The zero-order valence-corrected chi connectivity index (χ0v) is 10.2. The summed E-state index contributed by atoms with van der Waals surface area (Å²) in [6.07, 6.45) is 3.20. The molecule has 0 bridgehead atoms. The average Bonchev–Trinajstić information content (AvgIpc) is 2.28. The van der Waals surface area contributed by atoms with E-state index in [1.54, 1.807) is 11.9 Å². The van der Waals surface area contributed by atoms with Crippen molar-refractivity contribution in [2.45, 2.75) is 26.2 Å². The predicted molar refractivity (Wildman–Crippen MR) is 68.1 cm³/mol. The second-order valence-electron chi connectivity index (χ2n) is 3.96. The number of nitro groups is 1. The molecule has 1 aromatic heterocycles. The van der Waals surface area contributed by atoms with Gasteiger partial charge in [0.25, 0.3) is 0 Å². The first-order valence-electron chi connectivity index (χ1n) is 5.68. The first kappa shape index (κ1) is 13.2. The Kier molecular flexibility index (Phi) is 4.68. The summed E-state index contributed by atoms with van der Waals surface area (Å²) in [6.45, 7) is 2.85. The molecule has 94 valence electrons. The van der Waals surface area contributed by atoms with Crippen LogP contribution in [0.25, 0.3) is 0 Å². The van der Waals surface area contributed by atoms with Crippen molar-refractivity contribution >= 4 is 17.3 Å². The molecule has 17 heavy (non-hydrogen) atoms. The number of anilines is 2. The van der Waals surface area contributed by atoms with Crippen LogP contribution in [0.1, 0.15) is 26.2 Å². The summed E-state index contributed by atoms with van der Waals surface area (Å²) < 4.78 is 0. The monoisotopic (exact) mass is 238 g/mol. The van der Waals surface area contributed by atoms with Gasteiger partial charge in [-0.25, -0.2) is 4.98 Å². The number of unbranched alkanes of at least 4 members (excludes halogenated alkanes) is 2. The van der Waals surface area contributed by atoms with Crippen molar-refractivity contribution < 1.29 is 4.92 Å². The van der Waals surface area contributed by atoms with Gasteiger partial charge in [0, 0.05) is 19.7 Å². The number of nitrogens with zero attached hydrogens (tertiary/aromatic N) is 3. The molecule has 0 spiro atoms. The quantitative estimate of drug-likeness (QED) is 0.466. The Morgan fingerprint density at radius 1 is 1.47 bits per heavy atom. The summed E-state index contributed by atoms with van der Waals surface area (Å²) in [4.78, 5) is 16.3. The van der Waals surface area contributed by atoms with Crippen molar-refractivity contribution in [1.82, 2.24) is 4.98 Å². The van der Waals surface area contributed by atoms with Crippen molar-refractivity contribution in [3.63, 3.8) is 0 Å². The van der Waals surface area contributed by atoms with Gasteiger partial charge in [0.2, 0.25) is 5.82 Å². The van der Waals surface area contributed by atoms with E-state index < -0.39 is 4.92 Å². The number of nitrogen functional groups attached to an aromatic ring is 1. The molecular weight excluding hydrogens is 220 g/mol. The molecule has 0 aliphatic carbocycles. The summed E-state index contributed by atoms with van der Waals surface area (Å²) in [5.41, 5.74) is 5.56. The van der Waals surface area contributed by atoms with Gasteiger partial charge in [-0.1, -0.05) is 19.8 Å². The molecule has 0 saturated carbocycles. The van der Waals surface area contributed by atoms with Crippen molar-refractivity contribution in [1.29, 1.82) is 0 Å². The van der Waals surface area contributed by atoms with Crippen LogP contribution in [0.4, 0.5) is 17.3 Å². The van der Waals surface area contributed by atoms with Gasteiger partial charge in [-0.15, -0.1) is 0 Å². The highest BCUT2D eigenvalue weighted by Crippen LogP contribution is 2.26. The maximum atomic E-state index is 10.9. The molecule has 0 aliphatic heterocycles. The van der Waals surface area contributed by atoms with E-state index in [0.717, 1.165) is 25.8 Å². The van der Waals surface area contributed by atoms with Gasteiger partial charge in [-0.3, -0.25) is 10.1 Å². The van der Waals surface area contributed by atoms with Crippen molar-refractivity contribution in [2.24, 2.45) is 0 Å². The van der Waals surface area contributed by atoms with E-state index in [2.05, 4.69) is 11.9 Å². The lowest BCUT2D eigenvalue weighted by Crippen LogP contribution is -2.21. The highest BCUT2D eigenvalue weighted by atomic mass is 16.6. The van der Waals surface area contributed by atoms with Crippen LogP contribution in [0.15, 0.2) is 12.1 Å². The van der Waals surface area contributed by atoms with Gasteiger partial charge < -0.3 is 10.6 Å². The maximum Gasteiger partial charge on any atom is 0.311 e. The Morgan fingerprint density at radius 2 is 2.18 bits per heavy atom. The Morgan fingerprint density at radius 3 is 2.76 bits per heavy atom. The van der Waals surface area contributed by atoms with E-state index in [4.69, 9.17) is 5.73 Å². The Bertz CT molecular complexity index is 395. The molecule has 0 atom stereocenters. The smallest absolute Gasteiger partial charge is 0.311 e. The lowest BCUT2D eigenvalue weighted by atomic mass is 10.2. The van der Waals surface area contributed by atoms with E-state index >= 15 is 0 Å². The summed E-state index contributed by atoms with van der Waals surface area (Å²) in [6, 6.07) is 2.84. The lowest BCUT2D eigenvalue weighted by Gasteiger charge is -2.17. The molecule has 2 N–H and O–H groups in total.